The number of hydrogen-bond acceptors (Lipinski definition) is 6. The summed E-state index contributed by atoms with van der Waals surface area (Å²) in [5, 5.41) is 12.3. The predicted molar refractivity (Wildman–Crippen MR) is 86.7 cm³/mol. The van der Waals surface area contributed by atoms with Crippen LogP contribution in [0.4, 0.5) is 0 Å². The van der Waals surface area contributed by atoms with Crippen molar-refractivity contribution in [2.24, 2.45) is 14.1 Å². The van der Waals surface area contributed by atoms with Crippen molar-refractivity contribution in [1.29, 1.82) is 0 Å². The minimum Gasteiger partial charge on any atom is -0.383 e. The van der Waals surface area contributed by atoms with E-state index in [1.165, 1.54) is 22.2 Å². The zero-order valence-corrected chi connectivity index (χ0v) is 14.1. The highest BCUT2D eigenvalue weighted by Crippen LogP contribution is 2.23. The lowest BCUT2D eigenvalue weighted by Gasteiger charge is -2.12. The molecule has 0 unspecified atom stereocenters. The summed E-state index contributed by atoms with van der Waals surface area (Å²) in [7, 11) is 3.29. The first kappa shape index (κ1) is 15.6. The van der Waals surface area contributed by atoms with E-state index in [9.17, 15) is 14.7 Å². The van der Waals surface area contributed by atoms with Gasteiger partial charge in [-0.15, -0.1) is 11.3 Å². The van der Waals surface area contributed by atoms with Crippen molar-refractivity contribution in [1.82, 2.24) is 23.7 Å². The molecular formula is C14H17N5O3S. The molecule has 3 rings (SSSR count). The Hall–Kier alpha value is -2.26. The predicted octanol–water partition coefficient (Wildman–Crippen LogP) is 0.166. The molecule has 0 aliphatic rings. The highest BCUT2D eigenvalue weighted by atomic mass is 32.1. The van der Waals surface area contributed by atoms with Gasteiger partial charge in [0.2, 0.25) is 0 Å². The number of aromatic nitrogens is 5. The van der Waals surface area contributed by atoms with E-state index >= 15 is 0 Å². The summed E-state index contributed by atoms with van der Waals surface area (Å²) in [6, 6.07) is 0. The van der Waals surface area contributed by atoms with Crippen LogP contribution in [0, 0.1) is 0 Å². The summed E-state index contributed by atoms with van der Waals surface area (Å²) in [6.45, 7) is 3.34. The van der Waals surface area contributed by atoms with Crippen molar-refractivity contribution in [3.8, 4) is 0 Å². The number of nitrogens with zero attached hydrogens (tertiary/aromatic N) is 5. The van der Waals surface area contributed by atoms with Gasteiger partial charge in [-0.2, -0.15) is 0 Å². The number of rotatable bonds is 3. The molecule has 9 heteroatoms. The minimum atomic E-state index is -1.05. The third-order valence-electron chi connectivity index (χ3n) is 3.60. The van der Waals surface area contributed by atoms with Gasteiger partial charge in [0.25, 0.3) is 5.56 Å². The summed E-state index contributed by atoms with van der Waals surface area (Å²) < 4.78 is 4.07. The number of hydrogen-bond donors (Lipinski definition) is 1. The average molecular weight is 335 g/mol. The monoisotopic (exact) mass is 335 g/mol. The van der Waals surface area contributed by atoms with Crippen LogP contribution in [0.15, 0.2) is 21.3 Å². The lowest BCUT2D eigenvalue weighted by Crippen LogP contribution is -2.39. The van der Waals surface area contributed by atoms with Crippen molar-refractivity contribution in [3.63, 3.8) is 0 Å². The molecule has 0 aliphatic heterocycles. The van der Waals surface area contributed by atoms with Gasteiger partial charge >= 0.3 is 5.69 Å². The lowest BCUT2D eigenvalue weighted by molar-refractivity contribution is 0.0781. The van der Waals surface area contributed by atoms with E-state index in [0.29, 0.717) is 21.9 Å². The van der Waals surface area contributed by atoms with Gasteiger partial charge in [0.05, 0.1) is 18.6 Å². The van der Waals surface area contributed by atoms with Crippen LogP contribution >= 0.6 is 11.3 Å². The second-order valence-corrected chi connectivity index (χ2v) is 6.82. The van der Waals surface area contributed by atoms with E-state index in [4.69, 9.17) is 0 Å². The van der Waals surface area contributed by atoms with Gasteiger partial charge in [-0.25, -0.2) is 14.8 Å². The fourth-order valence-electron chi connectivity index (χ4n) is 2.36. The molecule has 3 aromatic rings. The molecule has 0 atom stereocenters. The largest absolute Gasteiger partial charge is 0.383 e. The standard InChI is InChI=1S/C14H17N5O3S/c1-14(2,22)12-16-8(6-23-12)5-19-11(20)9-10(15-7-17(9)3)18(4)13(19)21/h6-7,22H,5H2,1-4H3. The number of fused-ring (bicyclic) bond motifs is 1. The van der Waals surface area contributed by atoms with Crippen molar-refractivity contribution >= 4 is 22.5 Å². The Morgan fingerprint density at radius 3 is 2.61 bits per heavy atom. The van der Waals surface area contributed by atoms with E-state index in [2.05, 4.69) is 9.97 Å². The molecule has 122 valence electrons. The third-order valence-corrected chi connectivity index (χ3v) is 4.80. The van der Waals surface area contributed by atoms with Crippen LogP contribution in [0.2, 0.25) is 0 Å². The summed E-state index contributed by atoms with van der Waals surface area (Å²) in [6.07, 6.45) is 1.51. The molecule has 0 aromatic carbocycles. The highest BCUT2D eigenvalue weighted by molar-refractivity contribution is 7.09. The molecule has 0 aliphatic carbocycles. The normalized spacial score (nSPS) is 12.2. The molecule has 0 saturated carbocycles. The van der Waals surface area contributed by atoms with Crippen molar-refractivity contribution in [2.45, 2.75) is 26.0 Å². The summed E-state index contributed by atoms with van der Waals surface area (Å²) in [4.78, 5) is 33.4. The number of aliphatic hydroxyl groups is 1. The van der Waals surface area contributed by atoms with Gasteiger partial charge in [-0.05, 0) is 13.8 Å². The van der Waals surface area contributed by atoms with E-state index < -0.39 is 16.9 Å². The zero-order valence-electron chi connectivity index (χ0n) is 13.3. The first-order valence-electron chi connectivity index (χ1n) is 6.98. The Balaban J connectivity index is 2.14. The van der Waals surface area contributed by atoms with Gasteiger partial charge in [-0.1, -0.05) is 0 Å². The van der Waals surface area contributed by atoms with Crippen LogP contribution in [0.5, 0.6) is 0 Å². The Labute approximate surface area is 135 Å². The topological polar surface area (TPSA) is 94.9 Å². The highest BCUT2D eigenvalue weighted by Gasteiger charge is 2.21. The Morgan fingerprint density at radius 1 is 1.30 bits per heavy atom. The zero-order chi connectivity index (χ0) is 16.9. The molecule has 0 radical (unpaired) electrons. The SMILES string of the molecule is Cn1cnc2c1c(=O)n(Cc1csc(C(C)(C)O)n1)c(=O)n2C. The lowest BCUT2D eigenvalue weighted by atomic mass is 10.2. The van der Waals surface area contributed by atoms with Crippen LogP contribution in [0.3, 0.4) is 0 Å². The van der Waals surface area contributed by atoms with Crippen molar-refractivity contribution in [3.05, 3.63) is 43.2 Å². The summed E-state index contributed by atoms with van der Waals surface area (Å²) >= 11 is 1.30. The quantitative estimate of drug-likeness (QED) is 0.736. The molecule has 0 spiro atoms. The van der Waals surface area contributed by atoms with Crippen LogP contribution in [0.1, 0.15) is 24.5 Å². The maximum atomic E-state index is 12.6. The maximum Gasteiger partial charge on any atom is 0.332 e. The average Bonchev–Trinajstić information content (AvgIpc) is 3.07. The number of thiazole rings is 1. The third kappa shape index (κ3) is 2.51. The van der Waals surface area contributed by atoms with Gasteiger partial charge in [0, 0.05) is 19.5 Å². The van der Waals surface area contributed by atoms with Crippen molar-refractivity contribution < 1.29 is 5.11 Å². The second-order valence-electron chi connectivity index (χ2n) is 5.96. The molecule has 8 nitrogen and oxygen atoms in total. The van der Waals surface area contributed by atoms with Crippen molar-refractivity contribution in [2.75, 3.05) is 0 Å². The van der Waals surface area contributed by atoms with E-state index in [1.807, 2.05) is 0 Å². The number of aryl methyl sites for hydroxylation is 2. The number of imidazole rings is 1. The molecule has 0 fully saturated rings. The van der Waals surface area contributed by atoms with E-state index in [1.54, 1.807) is 37.9 Å². The van der Waals surface area contributed by atoms with Gasteiger partial charge in [-0.3, -0.25) is 13.9 Å². The first-order chi connectivity index (χ1) is 10.7. The first-order valence-corrected chi connectivity index (χ1v) is 7.86. The fourth-order valence-corrected chi connectivity index (χ4v) is 3.19. The van der Waals surface area contributed by atoms with Gasteiger partial charge < -0.3 is 9.67 Å². The Bertz CT molecular complexity index is 1000. The molecular weight excluding hydrogens is 318 g/mol. The molecule has 0 saturated heterocycles. The maximum absolute atomic E-state index is 12.6. The fraction of sp³-hybridized carbons (Fsp3) is 0.429. The van der Waals surface area contributed by atoms with Gasteiger partial charge in [0.15, 0.2) is 11.2 Å². The van der Waals surface area contributed by atoms with Crippen LogP contribution in [-0.4, -0.2) is 28.8 Å². The molecule has 0 bridgehead atoms. The Kier molecular flexibility index (Phi) is 3.49. The molecule has 3 aromatic heterocycles. The summed E-state index contributed by atoms with van der Waals surface area (Å²) in [5.41, 5.74) is -0.614. The Morgan fingerprint density at radius 2 is 2.00 bits per heavy atom. The van der Waals surface area contributed by atoms with Crippen LogP contribution in [0.25, 0.3) is 11.2 Å². The molecule has 23 heavy (non-hydrogen) atoms. The second kappa shape index (κ2) is 5.14. The minimum absolute atomic E-state index is 0.0548. The van der Waals surface area contributed by atoms with Crippen LogP contribution < -0.4 is 11.2 Å². The smallest absolute Gasteiger partial charge is 0.332 e. The summed E-state index contributed by atoms with van der Waals surface area (Å²) in [5.74, 6) is 0. The molecule has 0 amide bonds. The molecule has 1 N–H and O–H groups in total. The van der Waals surface area contributed by atoms with Crippen LogP contribution in [-0.2, 0) is 26.2 Å². The van der Waals surface area contributed by atoms with E-state index in [0.717, 1.165) is 4.57 Å². The van der Waals surface area contributed by atoms with E-state index in [-0.39, 0.29) is 6.54 Å². The molecule has 3 heterocycles. The van der Waals surface area contributed by atoms with Gasteiger partial charge in [0.1, 0.15) is 10.6 Å².